The Morgan fingerprint density at radius 2 is 2.17 bits per heavy atom. The summed E-state index contributed by atoms with van der Waals surface area (Å²) in [4.78, 5) is 4.48. The van der Waals surface area contributed by atoms with Crippen molar-refractivity contribution in [3.05, 3.63) is 53.2 Å². The molecule has 0 atom stereocenters. The van der Waals surface area contributed by atoms with Crippen LogP contribution in [0.3, 0.4) is 0 Å². The van der Waals surface area contributed by atoms with E-state index in [4.69, 9.17) is 27.6 Å². The molecule has 0 aliphatic rings. The number of halogens is 2. The maximum absolute atomic E-state index is 5.97. The second kappa shape index (κ2) is 4.67. The highest BCUT2D eigenvalue weighted by atomic mass is 35.5. The molecule has 0 saturated carbocycles. The SMILES string of the molecule is ClCc1nc2cc(Cl)ccc2n1Cc1ccco1. The Balaban J connectivity index is 2.13. The van der Waals surface area contributed by atoms with Gasteiger partial charge in [-0.1, -0.05) is 11.6 Å². The van der Waals surface area contributed by atoms with Crippen LogP contribution in [0.15, 0.2) is 41.0 Å². The van der Waals surface area contributed by atoms with E-state index in [0.29, 0.717) is 17.4 Å². The van der Waals surface area contributed by atoms with Crippen LogP contribution >= 0.6 is 23.2 Å². The molecule has 0 aliphatic carbocycles. The number of hydrogen-bond donors (Lipinski definition) is 0. The predicted molar refractivity (Wildman–Crippen MR) is 72.1 cm³/mol. The van der Waals surface area contributed by atoms with Crippen molar-refractivity contribution in [2.75, 3.05) is 0 Å². The molecule has 2 aromatic heterocycles. The topological polar surface area (TPSA) is 31.0 Å². The molecule has 18 heavy (non-hydrogen) atoms. The number of alkyl halides is 1. The summed E-state index contributed by atoms with van der Waals surface area (Å²) in [7, 11) is 0. The van der Waals surface area contributed by atoms with Crippen molar-refractivity contribution in [2.24, 2.45) is 0 Å². The molecular weight excluding hydrogens is 271 g/mol. The summed E-state index contributed by atoms with van der Waals surface area (Å²) < 4.78 is 7.40. The molecule has 0 aliphatic heterocycles. The highest BCUT2D eigenvalue weighted by Gasteiger charge is 2.11. The molecule has 0 saturated heterocycles. The zero-order valence-electron chi connectivity index (χ0n) is 9.44. The standard InChI is InChI=1S/C13H10Cl2N2O/c14-7-13-16-11-6-9(15)3-4-12(11)17(13)8-10-2-1-5-18-10/h1-6H,7-8H2. The Labute approximate surface area is 114 Å². The first kappa shape index (κ1) is 11.6. The number of imidazole rings is 1. The maximum atomic E-state index is 5.97. The highest BCUT2D eigenvalue weighted by molar-refractivity contribution is 6.31. The molecule has 3 nitrogen and oxygen atoms in total. The zero-order chi connectivity index (χ0) is 12.5. The highest BCUT2D eigenvalue weighted by Crippen LogP contribution is 2.22. The van der Waals surface area contributed by atoms with Crippen LogP contribution in [0.5, 0.6) is 0 Å². The fourth-order valence-corrected chi connectivity index (χ4v) is 2.36. The Hall–Kier alpha value is -1.45. The van der Waals surface area contributed by atoms with Crippen LogP contribution in [0, 0.1) is 0 Å². The van der Waals surface area contributed by atoms with Crippen molar-refractivity contribution >= 4 is 34.2 Å². The van der Waals surface area contributed by atoms with Gasteiger partial charge in [0.2, 0.25) is 0 Å². The molecule has 0 N–H and O–H groups in total. The van der Waals surface area contributed by atoms with Crippen LogP contribution in [0.25, 0.3) is 11.0 Å². The molecule has 2 heterocycles. The lowest BCUT2D eigenvalue weighted by atomic mass is 10.3. The number of hydrogen-bond acceptors (Lipinski definition) is 2. The largest absolute Gasteiger partial charge is 0.467 e. The molecule has 0 unspecified atom stereocenters. The Morgan fingerprint density at radius 3 is 2.89 bits per heavy atom. The smallest absolute Gasteiger partial charge is 0.125 e. The second-order valence-corrected chi connectivity index (χ2v) is 4.66. The fourth-order valence-electron chi connectivity index (χ4n) is 1.99. The van der Waals surface area contributed by atoms with Gasteiger partial charge in [-0.2, -0.15) is 0 Å². The average Bonchev–Trinajstić information content (AvgIpc) is 2.97. The van der Waals surface area contributed by atoms with Gasteiger partial charge in [-0.25, -0.2) is 4.98 Å². The van der Waals surface area contributed by atoms with Crippen molar-refractivity contribution in [2.45, 2.75) is 12.4 Å². The van der Waals surface area contributed by atoms with E-state index in [1.165, 1.54) is 0 Å². The lowest BCUT2D eigenvalue weighted by Crippen LogP contribution is -2.02. The second-order valence-electron chi connectivity index (χ2n) is 3.96. The number of aromatic nitrogens is 2. The van der Waals surface area contributed by atoms with Crippen LogP contribution in [-0.4, -0.2) is 9.55 Å². The third-order valence-corrected chi connectivity index (χ3v) is 3.28. The van der Waals surface area contributed by atoms with Crippen LogP contribution in [-0.2, 0) is 12.4 Å². The van der Waals surface area contributed by atoms with Gasteiger partial charge >= 0.3 is 0 Å². The number of furan rings is 1. The summed E-state index contributed by atoms with van der Waals surface area (Å²) in [6, 6.07) is 9.43. The number of nitrogens with zero attached hydrogens (tertiary/aromatic N) is 2. The molecule has 92 valence electrons. The number of rotatable bonds is 3. The summed E-state index contributed by atoms with van der Waals surface area (Å²) >= 11 is 11.9. The van der Waals surface area contributed by atoms with Crippen molar-refractivity contribution in [3.63, 3.8) is 0 Å². The van der Waals surface area contributed by atoms with E-state index >= 15 is 0 Å². The minimum Gasteiger partial charge on any atom is -0.467 e. The summed E-state index contributed by atoms with van der Waals surface area (Å²) in [5.41, 5.74) is 1.86. The first-order valence-electron chi connectivity index (χ1n) is 5.51. The molecule has 5 heteroatoms. The van der Waals surface area contributed by atoms with Gasteiger partial charge in [0.1, 0.15) is 11.6 Å². The van der Waals surface area contributed by atoms with Gasteiger partial charge in [-0.05, 0) is 30.3 Å². The fraction of sp³-hybridized carbons (Fsp3) is 0.154. The number of fused-ring (bicyclic) bond motifs is 1. The quantitative estimate of drug-likeness (QED) is 0.677. The average molecular weight is 281 g/mol. The van der Waals surface area contributed by atoms with Gasteiger partial charge in [0.15, 0.2) is 0 Å². The van der Waals surface area contributed by atoms with Crippen LogP contribution in [0.1, 0.15) is 11.6 Å². The molecular formula is C13H10Cl2N2O. The van der Waals surface area contributed by atoms with E-state index in [9.17, 15) is 0 Å². The molecule has 3 rings (SSSR count). The Bertz CT molecular complexity index is 674. The summed E-state index contributed by atoms with van der Waals surface area (Å²) in [6.45, 7) is 0.618. The van der Waals surface area contributed by atoms with Gasteiger partial charge in [-0.15, -0.1) is 11.6 Å². The molecule has 0 amide bonds. The van der Waals surface area contributed by atoms with E-state index in [0.717, 1.165) is 22.6 Å². The van der Waals surface area contributed by atoms with Gasteiger partial charge < -0.3 is 8.98 Å². The molecule has 0 radical (unpaired) electrons. The van der Waals surface area contributed by atoms with Crippen molar-refractivity contribution in [1.82, 2.24) is 9.55 Å². The molecule has 1 aromatic carbocycles. The maximum Gasteiger partial charge on any atom is 0.125 e. The number of benzene rings is 1. The summed E-state index contributed by atoms with van der Waals surface area (Å²) in [5, 5.41) is 0.672. The van der Waals surface area contributed by atoms with Gasteiger partial charge in [0, 0.05) is 5.02 Å². The lowest BCUT2D eigenvalue weighted by Gasteiger charge is -2.05. The molecule has 0 bridgehead atoms. The third-order valence-electron chi connectivity index (χ3n) is 2.80. The minimum absolute atomic E-state index is 0.354. The molecule has 0 fully saturated rings. The summed E-state index contributed by atoms with van der Waals surface area (Å²) in [6.07, 6.45) is 1.66. The van der Waals surface area contributed by atoms with Gasteiger partial charge in [0.25, 0.3) is 0 Å². The van der Waals surface area contributed by atoms with Crippen molar-refractivity contribution < 1.29 is 4.42 Å². The van der Waals surface area contributed by atoms with E-state index in [1.807, 2.05) is 34.9 Å². The van der Waals surface area contributed by atoms with Gasteiger partial charge in [0.05, 0.1) is 29.7 Å². The van der Waals surface area contributed by atoms with Crippen LogP contribution in [0.4, 0.5) is 0 Å². The van der Waals surface area contributed by atoms with E-state index in [1.54, 1.807) is 6.26 Å². The molecule has 3 aromatic rings. The van der Waals surface area contributed by atoms with Crippen molar-refractivity contribution in [3.8, 4) is 0 Å². The third kappa shape index (κ3) is 2.00. The van der Waals surface area contributed by atoms with Crippen molar-refractivity contribution in [1.29, 1.82) is 0 Å². The van der Waals surface area contributed by atoms with E-state index in [2.05, 4.69) is 4.98 Å². The van der Waals surface area contributed by atoms with E-state index < -0.39 is 0 Å². The summed E-state index contributed by atoms with van der Waals surface area (Å²) in [5.74, 6) is 2.04. The monoisotopic (exact) mass is 280 g/mol. The first-order valence-corrected chi connectivity index (χ1v) is 6.42. The Kier molecular flexibility index (Phi) is 3.02. The predicted octanol–water partition coefficient (Wildman–Crippen LogP) is 4.07. The minimum atomic E-state index is 0.354. The Morgan fingerprint density at radius 1 is 1.28 bits per heavy atom. The lowest BCUT2D eigenvalue weighted by molar-refractivity contribution is 0.493. The zero-order valence-corrected chi connectivity index (χ0v) is 10.9. The molecule has 0 spiro atoms. The van der Waals surface area contributed by atoms with Crippen LogP contribution < -0.4 is 0 Å². The normalized spacial score (nSPS) is 11.2. The van der Waals surface area contributed by atoms with Crippen LogP contribution in [0.2, 0.25) is 5.02 Å². The van der Waals surface area contributed by atoms with E-state index in [-0.39, 0.29) is 0 Å². The first-order chi connectivity index (χ1) is 8.78. The van der Waals surface area contributed by atoms with Gasteiger partial charge in [-0.3, -0.25) is 0 Å².